The van der Waals surface area contributed by atoms with E-state index in [0.29, 0.717) is 10.0 Å². The molecule has 0 saturated heterocycles. The molecule has 0 bridgehead atoms. The van der Waals surface area contributed by atoms with Crippen LogP contribution in [0.3, 0.4) is 0 Å². The fraction of sp³-hybridized carbons (Fsp3) is 0. The summed E-state index contributed by atoms with van der Waals surface area (Å²) in [5.41, 5.74) is 0. The molecule has 7 heteroatoms. The molecule has 2 nitrogen and oxygen atoms in total. The number of hydrogen-bond acceptors (Lipinski definition) is 2. The Bertz CT molecular complexity index is 195. The second-order valence-corrected chi connectivity index (χ2v) is 2.72. The second kappa shape index (κ2) is 9.87. The van der Waals surface area contributed by atoms with Gasteiger partial charge in [0.1, 0.15) is 0 Å². The van der Waals surface area contributed by atoms with Crippen LogP contribution in [0.1, 0.15) is 0 Å². The first-order chi connectivity index (χ1) is 5.20. The molecular weight excluding hydrogens is 311 g/mol. The first-order valence-corrected chi connectivity index (χ1v) is 3.73. The average molecular weight is 314 g/mol. The summed E-state index contributed by atoms with van der Waals surface area (Å²) < 4.78 is 3.19. The molecule has 0 aliphatic rings. The number of hydrogen-bond donors (Lipinski definition) is 0. The largest absolute Gasteiger partial charge is 0.262 e. The fourth-order valence-corrected chi connectivity index (χ4v) is 0.790. The van der Waals surface area contributed by atoms with Gasteiger partial charge in [0.05, 0.1) is 33.8 Å². The van der Waals surface area contributed by atoms with Crippen LogP contribution >= 0.6 is 46.9 Å². The Balaban J connectivity index is 0. The number of nitrogens with zero attached hydrogens (tertiary/aromatic N) is 1. The molecule has 2 radical (unpaired) electrons. The Labute approximate surface area is 101 Å². The average Bonchev–Trinajstić information content (AvgIpc) is 1.88. The van der Waals surface area contributed by atoms with E-state index >= 15 is 0 Å². The molecule has 1 heterocycles. The molecule has 0 N–H and O–H groups in total. The zero-order valence-electron chi connectivity index (χ0n) is 5.51. The summed E-state index contributed by atoms with van der Waals surface area (Å²) in [5.74, 6) is 0. The van der Waals surface area contributed by atoms with E-state index in [4.69, 9.17) is 23.2 Å². The SMILES string of the molecule is ClOCl.Clc1cncc(Cl)c1.[Se]. The van der Waals surface area contributed by atoms with Crippen molar-refractivity contribution in [2.75, 3.05) is 0 Å². The van der Waals surface area contributed by atoms with Gasteiger partial charge in [-0.05, 0) is 6.07 Å². The third kappa shape index (κ3) is 8.88. The molecule has 1 aromatic heterocycles. The molecular formula is C5H3Cl4NOSe. The summed E-state index contributed by atoms with van der Waals surface area (Å²) in [4.78, 5) is 3.72. The smallest absolute Gasteiger partial charge is 0.0832 e. The van der Waals surface area contributed by atoms with Gasteiger partial charge in [0, 0.05) is 29.5 Å². The van der Waals surface area contributed by atoms with Gasteiger partial charge in [0.25, 0.3) is 0 Å². The van der Waals surface area contributed by atoms with Crippen LogP contribution in [0, 0.1) is 0 Å². The third-order valence-corrected chi connectivity index (χ3v) is 1.08. The molecule has 0 saturated carbocycles. The molecule has 1 rings (SSSR count). The van der Waals surface area contributed by atoms with Crippen LogP contribution in [0.5, 0.6) is 0 Å². The Morgan fingerprint density at radius 3 is 1.58 bits per heavy atom. The summed E-state index contributed by atoms with van der Waals surface area (Å²) in [6.07, 6.45) is 3.07. The minimum absolute atomic E-state index is 0. The van der Waals surface area contributed by atoms with Crippen LogP contribution < -0.4 is 0 Å². The predicted molar refractivity (Wildman–Crippen MR) is 52.8 cm³/mol. The molecule has 68 valence electrons. The number of aromatic nitrogens is 1. The summed E-state index contributed by atoms with van der Waals surface area (Å²) >= 11 is 19.5. The van der Waals surface area contributed by atoms with E-state index in [9.17, 15) is 0 Å². The van der Waals surface area contributed by atoms with Crippen molar-refractivity contribution in [2.45, 2.75) is 0 Å². The van der Waals surface area contributed by atoms with Crippen molar-refractivity contribution < 1.29 is 3.84 Å². The third-order valence-electron chi connectivity index (χ3n) is 0.672. The Morgan fingerprint density at radius 1 is 1.08 bits per heavy atom. The van der Waals surface area contributed by atoms with E-state index in [1.165, 1.54) is 12.4 Å². The van der Waals surface area contributed by atoms with E-state index in [0.717, 1.165) is 0 Å². The van der Waals surface area contributed by atoms with Crippen LogP contribution in [0.25, 0.3) is 0 Å². The Morgan fingerprint density at radius 2 is 1.42 bits per heavy atom. The van der Waals surface area contributed by atoms with Crippen LogP contribution in [0.15, 0.2) is 18.5 Å². The predicted octanol–water partition coefficient (Wildman–Crippen LogP) is 3.32. The maximum atomic E-state index is 5.50. The topological polar surface area (TPSA) is 22.1 Å². The first-order valence-electron chi connectivity index (χ1n) is 2.36. The van der Waals surface area contributed by atoms with Gasteiger partial charge in [-0.3, -0.25) is 4.98 Å². The van der Waals surface area contributed by atoms with Crippen LogP contribution in [0.2, 0.25) is 10.0 Å². The second-order valence-electron chi connectivity index (χ2n) is 1.38. The van der Waals surface area contributed by atoms with Gasteiger partial charge in [-0.25, -0.2) is 0 Å². The van der Waals surface area contributed by atoms with Crippen molar-refractivity contribution in [1.82, 2.24) is 4.98 Å². The van der Waals surface area contributed by atoms with E-state index in [2.05, 4.69) is 32.6 Å². The van der Waals surface area contributed by atoms with Crippen LogP contribution in [-0.2, 0) is 3.84 Å². The summed E-state index contributed by atoms with van der Waals surface area (Å²) in [5, 5.41) is 1.13. The van der Waals surface area contributed by atoms with Gasteiger partial charge in [0.2, 0.25) is 0 Å². The molecule has 0 unspecified atom stereocenters. The minimum atomic E-state index is 0. The van der Waals surface area contributed by atoms with Crippen molar-refractivity contribution >= 4 is 64.0 Å². The molecule has 0 fully saturated rings. The van der Waals surface area contributed by atoms with Crippen molar-refractivity contribution in [2.24, 2.45) is 0 Å². The van der Waals surface area contributed by atoms with E-state index in [1.54, 1.807) is 6.07 Å². The Kier molecular flexibility index (Phi) is 12.6. The van der Waals surface area contributed by atoms with Crippen LogP contribution in [0.4, 0.5) is 0 Å². The van der Waals surface area contributed by atoms with Crippen LogP contribution in [-0.4, -0.2) is 22.1 Å². The minimum Gasteiger partial charge on any atom is -0.262 e. The van der Waals surface area contributed by atoms with E-state index < -0.39 is 0 Å². The summed E-state index contributed by atoms with van der Waals surface area (Å²) in [6, 6.07) is 1.64. The summed E-state index contributed by atoms with van der Waals surface area (Å²) in [7, 11) is 0. The molecule has 0 spiro atoms. The standard InChI is InChI=1S/C5H3Cl2N.Cl2O.Se/c6-4-1-5(7)3-8-2-4;1-3-2;/h1-3H;;. The molecule has 0 aromatic carbocycles. The maximum absolute atomic E-state index is 5.50. The van der Waals surface area contributed by atoms with Gasteiger partial charge in [-0.1, -0.05) is 23.2 Å². The van der Waals surface area contributed by atoms with E-state index in [1.807, 2.05) is 0 Å². The quantitative estimate of drug-likeness (QED) is 0.686. The normalized spacial score (nSPS) is 7.67. The van der Waals surface area contributed by atoms with Gasteiger partial charge in [-0.15, -0.1) is 0 Å². The van der Waals surface area contributed by atoms with Crippen molar-refractivity contribution in [1.29, 1.82) is 0 Å². The van der Waals surface area contributed by atoms with Crippen molar-refractivity contribution in [3.05, 3.63) is 28.5 Å². The molecule has 0 aliphatic heterocycles. The monoisotopic (exact) mass is 313 g/mol. The number of pyridine rings is 1. The fourth-order valence-electron chi connectivity index (χ4n) is 0.386. The van der Waals surface area contributed by atoms with Gasteiger partial charge in [-0.2, -0.15) is 3.84 Å². The Hall–Kier alpha value is 0.789. The van der Waals surface area contributed by atoms with Gasteiger partial charge >= 0.3 is 0 Å². The molecule has 0 atom stereocenters. The zero-order valence-corrected chi connectivity index (χ0v) is 10.2. The van der Waals surface area contributed by atoms with Crippen molar-refractivity contribution in [3.63, 3.8) is 0 Å². The zero-order chi connectivity index (χ0) is 8.69. The van der Waals surface area contributed by atoms with Crippen molar-refractivity contribution in [3.8, 4) is 0 Å². The van der Waals surface area contributed by atoms with Gasteiger partial charge in [0.15, 0.2) is 0 Å². The first kappa shape index (κ1) is 15.3. The number of rotatable bonds is 0. The van der Waals surface area contributed by atoms with Gasteiger partial charge < -0.3 is 0 Å². The molecule has 0 aliphatic carbocycles. The van der Waals surface area contributed by atoms with E-state index in [-0.39, 0.29) is 17.1 Å². The summed E-state index contributed by atoms with van der Waals surface area (Å²) in [6.45, 7) is 0. The molecule has 1 aromatic rings. The molecule has 12 heavy (non-hydrogen) atoms. The molecule has 0 amide bonds. The maximum Gasteiger partial charge on any atom is 0.0832 e. The number of halogens is 4.